The van der Waals surface area contributed by atoms with Gasteiger partial charge in [-0.3, -0.25) is 18.6 Å². The normalized spacial score (nSPS) is 15.6. The van der Waals surface area contributed by atoms with Gasteiger partial charge in [0, 0.05) is 12.8 Å². The van der Waals surface area contributed by atoms with Crippen LogP contribution in [0.2, 0.25) is 0 Å². The van der Waals surface area contributed by atoms with E-state index in [1.54, 1.807) is 42.5 Å². The Labute approximate surface area is 382 Å². The molecule has 63 heavy (non-hydrogen) atoms. The molecule has 1 unspecified atom stereocenters. The number of quaternary nitrogens is 1. The first-order chi connectivity index (χ1) is 30.2. The van der Waals surface area contributed by atoms with Crippen LogP contribution in [0.25, 0.3) is 0 Å². The van der Waals surface area contributed by atoms with Gasteiger partial charge >= 0.3 is 19.8 Å². The molecule has 0 amide bonds. The van der Waals surface area contributed by atoms with Gasteiger partial charge < -0.3 is 34.2 Å². The summed E-state index contributed by atoms with van der Waals surface area (Å²) in [5.41, 5.74) is 0. The zero-order valence-corrected chi connectivity index (χ0v) is 40.8. The molecule has 0 heterocycles. The summed E-state index contributed by atoms with van der Waals surface area (Å²) in [5.74, 6) is -1.14. The fraction of sp³-hybridized carbons (Fsp3) is 0.720. The molecule has 0 aromatic rings. The lowest BCUT2D eigenvalue weighted by Gasteiger charge is -2.24. The Kier molecular flexibility index (Phi) is 39.1. The van der Waals surface area contributed by atoms with Crippen LogP contribution in [0.1, 0.15) is 162 Å². The van der Waals surface area contributed by atoms with Crippen LogP contribution < -0.4 is 0 Å². The third-order valence-corrected chi connectivity index (χ3v) is 11.0. The number of rotatable bonds is 42. The first kappa shape index (κ1) is 60.3. The van der Waals surface area contributed by atoms with Crippen molar-refractivity contribution < 1.29 is 57.4 Å². The number of unbranched alkanes of at least 4 members (excludes halogenated alkanes) is 15. The van der Waals surface area contributed by atoms with Gasteiger partial charge in [-0.05, 0) is 57.8 Å². The second kappa shape index (κ2) is 40.8. The van der Waals surface area contributed by atoms with Crippen molar-refractivity contribution in [1.29, 1.82) is 0 Å². The molecule has 364 valence electrons. The van der Waals surface area contributed by atoms with Crippen LogP contribution in [-0.4, -0.2) is 109 Å². The van der Waals surface area contributed by atoms with Crippen molar-refractivity contribution in [3.8, 4) is 0 Å². The van der Waals surface area contributed by atoms with E-state index in [1.807, 2.05) is 40.2 Å². The summed E-state index contributed by atoms with van der Waals surface area (Å²) in [6, 6.07) is 0. The molecule has 0 aromatic heterocycles. The molecule has 4 N–H and O–H groups in total. The highest BCUT2D eigenvalue weighted by Crippen LogP contribution is 2.43. The van der Waals surface area contributed by atoms with Gasteiger partial charge in [0.1, 0.15) is 19.8 Å². The highest BCUT2D eigenvalue weighted by Gasteiger charge is 2.27. The molecule has 0 aliphatic rings. The maximum atomic E-state index is 12.7. The lowest BCUT2D eigenvalue weighted by molar-refractivity contribution is -0.870. The molecule has 0 saturated carbocycles. The summed E-state index contributed by atoms with van der Waals surface area (Å²) in [6.07, 6.45) is 40.4. The Bertz CT molecular complexity index is 1350. The maximum absolute atomic E-state index is 12.7. The van der Waals surface area contributed by atoms with Gasteiger partial charge in [-0.25, -0.2) is 4.57 Å². The van der Waals surface area contributed by atoms with Crippen LogP contribution in [0.15, 0.2) is 72.9 Å². The quantitative estimate of drug-likeness (QED) is 0.0115. The summed E-state index contributed by atoms with van der Waals surface area (Å²) in [6.45, 7) is 3.82. The number of allylic oxidation sites excluding steroid dienone is 9. The highest BCUT2D eigenvalue weighted by atomic mass is 31.2. The van der Waals surface area contributed by atoms with E-state index in [-0.39, 0.29) is 38.9 Å². The van der Waals surface area contributed by atoms with Crippen molar-refractivity contribution in [1.82, 2.24) is 0 Å². The van der Waals surface area contributed by atoms with Gasteiger partial charge in [0.05, 0.1) is 46.1 Å². The fourth-order valence-corrected chi connectivity index (χ4v) is 6.91. The van der Waals surface area contributed by atoms with E-state index in [9.17, 15) is 34.4 Å². The van der Waals surface area contributed by atoms with Crippen LogP contribution in [-0.2, 0) is 32.7 Å². The molecule has 0 aromatic carbocycles. The summed E-state index contributed by atoms with van der Waals surface area (Å²) in [5, 5.41) is 30.5. The number of nitrogens with zero attached hydrogens (tertiary/aromatic N) is 1. The average molecular weight is 911 g/mol. The largest absolute Gasteiger partial charge is 0.472 e. The maximum Gasteiger partial charge on any atom is 0.472 e. The molecular formula is C50H89NO11P+. The minimum Gasteiger partial charge on any atom is -0.462 e. The number of esters is 2. The van der Waals surface area contributed by atoms with Gasteiger partial charge in [-0.1, -0.05) is 164 Å². The van der Waals surface area contributed by atoms with E-state index in [2.05, 4.69) is 19.1 Å². The third-order valence-electron chi connectivity index (χ3n) is 10.1. The minimum atomic E-state index is -4.47. The molecule has 13 heteroatoms. The zero-order chi connectivity index (χ0) is 46.9. The summed E-state index contributed by atoms with van der Waals surface area (Å²) >= 11 is 0. The molecule has 0 aliphatic heterocycles. The fourth-order valence-electron chi connectivity index (χ4n) is 6.17. The van der Waals surface area contributed by atoms with Crippen LogP contribution in [0, 0.1) is 0 Å². The van der Waals surface area contributed by atoms with E-state index in [4.69, 9.17) is 18.5 Å². The van der Waals surface area contributed by atoms with E-state index in [0.717, 1.165) is 25.7 Å². The van der Waals surface area contributed by atoms with Gasteiger partial charge in [-0.2, -0.15) is 0 Å². The Balaban J connectivity index is 4.61. The number of likely N-dealkylation sites (N-methyl/N-ethyl adjacent to an activating group) is 1. The predicted octanol–water partition coefficient (Wildman–Crippen LogP) is 10.7. The first-order valence-electron chi connectivity index (χ1n) is 24.0. The monoisotopic (exact) mass is 911 g/mol. The lowest BCUT2D eigenvalue weighted by Crippen LogP contribution is -2.37. The number of aliphatic hydroxyl groups excluding tert-OH is 3. The van der Waals surface area contributed by atoms with Crippen molar-refractivity contribution in [2.75, 3.05) is 47.5 Å². The van der Waals surface area contributed by atoms with Crippen LogP contribution >= 0.6 is 7.82 Å². The smallest absolute Gasteiger partial charge is 0.462 e. The van der Waals surface area contributed by atoms with Crippen molar-refractivity contribution in [2.24, 2.45) is 0 Å². The average Bonchev–Trinajstić information content (AvgIpc) is 3.23. The number of carbonyl (C=O) groups excluding carboxylic acids is 2. The van der Waals surface area contributed by atoms with Gasteiger partial charge in [0.2, 0.25) is 0 Å². The van der Waals surface area contributed by atoms with E-state index in [1.165, 1.54) is 89.5 Å². The topological polar surface area (TPSA) is 169 Å². The summed E-state index contributed by atoms with van der Waals surface area (Å²) < 4.78 is 34.1. The molecular weight excluding hydrogens is 822 g/mol. The SMILES string of the molecule is CC/C=C\C[C@@H](O)/C=C/C=C/C=C\C=C/[C@H](O)[C@@H](O)CCCC(=O)OC[C@H](COP(=O)(O)OCC[N+](C)(C)C)OC(=O)CCCCCCCCCCC/C=C\CCCCCCCC. The molecule has 0 fully saturated rings. The number of carbonyl (C=O) groups is 2. The van der Waals surface area contributed by atoms with Crippen molar-refractivity contribution in [3.63, 3.8) is 0 Å². The molecule has 0 bridgehead atoms. The lowest BCUT2D eigenvalue weighted by atomic mass is 10.1. The molecule has 12 nitrogen and oxygen atoms in total. The summed E-state index contributed by atoms with van der Waals surface area (Å²) in [7, 11) is 1.28. The molecule has 5 atom stereocenters. The molecule has 0 rings (SSSR count). The number of phosphoric ester groups is 1. The number of ether oxygens (including phenoxy) is 2. The minimum absolute atomic E-state index is 0.0276. The van der Waals surface area contributed by atoms with Gasteiger partial charge in [-0.15, -0.1) is 0 Å². The number of aliphatic hydroxyl groups is 3. The second-order valence-corrected chi connectivity index (χ2v) is 18.8. The Morgan fingerprint density at radius 3 is 1.75 bits per heavy atom. The molecule has 0 saturated heterocycles. The first-order valence-corrected chi connectivity index (χ1v) is 25.5. The predicted molar refractivity (Wildman–Crippen MR) is 256 cm³/mol. The summed E-state index contributed by atoms with van der Waals surface area (Å²) in [4.78, 5) is 35.5. The van der Waals surface area contributed by atoms with E-state index in [0.29, 0.717) is 23.9 Å². The van der Waals surface area contributed by atoms with Crippen molar-refractivity contribution >= 4 is 19.8 Å². The van der Waals surface area contributed by atoms with Gasteiger partial charge in [0.15, 0.2) is 6.10 Å². The van der Waals surface area contributed by atoms with Crippen LogP contribution in [0.3, 0.4) is 0 Å². The molecule has 0 radical (unpaired) electrons. The Morgan fingerprint density at radius 2 is 1.16 bits per heavy atom. The second-order valence-electron chi connectivity index (χ2n) is 17.3. The molecule has 0 spiro atoms. The highest BCUT2D eigenvalue weighted by molar-refractivity contribution is 7.47. The van der Waals surface area contributed by atoms with E-state index < -0.39 is 50.8 Å². The van der Waals surface area contributed by atoms with Crippen molar-refractivity contribution in [2.45, 2.75) is 186 Å². The van der Waals surface area contributed by atoms with Crippen LogP contribution in [0.5, 0.6) is 0 Å². The van der Waals surface area contributed by atoms with Crippen molar-refractivity contribution in [3.05, 3.63) is 72.9 Å². The van der Waals surface area contributed by atoms with Crippen LogP contribution in [0.4, 0.5) is 0 Å². The Hall–Kier alpha value is -2.67. The van der Waals surface area contributed by atoms with E-state index >= 15 is 0 Å². The Morgan fingerprint density at radius 1 is 0.619 bits per heavy atom. The number of phosphoric acid groups is 1. The number of hydrogen-bond donors (Lipinski definition) is 4. The number of hydrogen-bond acceptors (Lipinski definition) is 10. The standard InChI is InChI=1S/C50H88NO11P/c1-6-8-10-11-12-13-14-15-16-17-18-19-20-21-22-23-24-29-33-39-50(56)62-46(44-61-63(57,58)60-42-41-51(3,4)5)43-59-49(55)40-34-38-48(54)47(53)37-32-28-26-25-27-31-36-45(52)35-30-9-7-2/h9,15-16,25-28,30-32,36-37,45-48,52-54H,6-8,10-14,17-24,29,33-35,38-44H2,1-5H3/p+1/b16-15-,27-25+,28-26-,30-9-,36-31+,37-32-/t45-,46-,47+,48+/m1/s1. The van der Waals surface area contributed by atoms with Gasteiger partial charge in [0.25, 0.3) is 0 Å². The third kappa shape index (κ3) is 43.0. The zero-order valence-electron chi connectivity index (χ0n) is 39.9. The molecule has 0 aliphatic carbocycles.